The molecule has 0 fully saturated rings. The minimum absolute atomic E-state index is 0.132. The quantitative estimate of drug-likeness (QED) is 0.714. The lowest BCUT2D eigenvalue weighted by Gasteiger charge is -2.03. The first-order valence-corrected chi connectivity index (χ1v) is 8.55. The van der Waals surface area contributed by atoms with Gasteiger partial charge in [-0.2, -0.15) is 0 Å². The average Bonchev–Trinajstić information content (AvgIpc) is 3.03. The van der Waals surface area contributed by atoms with Crippen LogP contribution in [-0.2, 0) is 22.4 Å². The van der Waals surface area contributed by atoms with Gasteiger partial charge in [0.15, 0.2) is 5.13 Å². The fraction of sp³-hybridized carbons (Fsp3) is 0.111. The molecule has 0 aliphatic carbocycles. The maximum absolute atomic E-state index is 12.0. The molecule has 7 heteroatoms. The fourth-order valence-electron chi connectivity index (χ4n) is 2.20. The number of pyridine rings is 1. The molecular formula is C18H16N4O2S. The van der Waals surface area contributed by atoms with E-state index in [0.29, 0.717) is 16.5 Å². The Balaban J connectivity index is 1.52. The summed E-state index contributed by atoms with van der Waals surface area (Å²) in [5, 5.41) is 7.77. The minimum atomic E-state index is -0.180. The van der Waals surface area contributed by atoms with Crippen LogP contribution in [-0.4, -0.2) is 21.8 Å². The van der Waals surface area contributed by atoms with E-state index in [4.69, 9.17) is 0 Å². The molecule has 0 aliphatic rings. The number of benzene rings is 1. The van der Waals surface area contributed by atoms with Crippen LogP contribution in [0.15, 0.2) is 60.2 Å². The van der Waals surface area contributed by atoms with Crippen LogP contribution >= 0.6 is 11.3 Å². The standard InChI is InChI=1S/C18H16N4O2S/c23-16(9-13-5-2-1-3-6-13)22-18-21-15(12-25-18)10-17(24)20-14-7-4-8-19-11-14/h1-8,11-12H,9-10H2,(H,20,24)(H,21,22,23). The zero-order valence-corrected chi connectivity index (χ0v) is 14.1. The highest BCUT2D eigenvalue weighted by Gasteiger charge is 2.10. The molecule has 25 heavy (non-hydrogen) atoms. The summed E-state index contributed by atoms with van der Waals surface area (Å²) in [6, 6.07) is 13.0. The lowest BCUT2D eigenvalue weighted by molar-refractivity contribution is -0.116. The van der Waals surface area contributed by atoms with Crippen molar-refractivity contribution in [1.82, 2.24) is 9.97 Å². The van der Waals surface area contributed by atoms with E-state index < -0.39 is 0 Å². The van der Waals surface area contributed by atoms with Gasteiger partial charge < -0.3 is 10.6 Å². The average molecular weight is 352 g/mol. The van der Waals surface area contributed by atoms with Crippen molar-refractivity contribution in [2.45, 2.75) is 12.8 Å². The summed E-state index contributed by atoms with van der Waals surface area (Å²) in [7, 11) is 0. The second kappa shape index (κ2) is 8.16. The fourth-order valence-corrected chi connectivity index (χ4v) is 2.92. The molecule has 2 N–H and O–H groups in total. The van der Waals surface area contributed by atoms with Gasteiger partial charge in [0, 0.05) is 11.6 Å². The van der Waals surface area contributed by atoms with Crippen molar-refractivity contribution >= 4 is 34.0 Å². The summed E-state index contributed by atoms with van der Waals surface area (Å²) in [5.41, 5.74) is 2.19. The molecule has 2 aromatic heterocycles. The van der Waals surface area contributed by atoms with Gasteiger partial charge in [0.2, 0.25) is 11.8 Å². The van der Waals surface area contributed by atoms with Gasteiger partial charge in [-0.05, 0) is 17.7 Å². The summed E-state index contributed by atoms with van der Waals surface area (Å²) in [6.45, 7) is 0. The molecule has 0 atom stereocenters. The number of carbonyl (C=O) groups is 2. The largest absolute Gasteiger partial charge is 0.324 e. The van der Waals surface area contributed by atoms with Gasteiger partial charge >= 0.3 is 0 Å². The number of carbonyl (C=O) groups excluding carboxylic acids is 2. The maximum atomic E-state index is 12.0. The first kappa shape index (κ1) is 16.8. The zero-order chi connectivity index (χ0) is 17.5. The van der Waals surface area contributed by atoms with Crippen molar-refractivity contribution in [1.29, 1.82) is 0 Å². The molecule has 3 aromatic rings. The van der Waals surface area contributed by atoms with E-state index in [-0.39, 0.29) is 24.7 Å². The van der Waals surface area contributed by atoms with E-state index in [2.05, 4.69) is 20.6 Å². The van der Waals surface area contributed by atoms with Crippen LogP contribution < -0.4 is 10.6 Å². The van der Waals surface area contributed by atoms with Gasteiger partial charge in [0.25, 0.3) is 0 Å². The molecule has 0 radical (unpaired) electrons. The third-order valence-electron chi connectivity index (χ3n) is 3.29. The molecule has 2 heterocycles. The van der Waals surface area contributed by atoms with Crippen LogP contribution in [0.1, 0.15) is 11.3 Å². The number of hydrogen-bond donors (Lipinski definition) is 2. The molecule has 0 unspecified atom stereocenters. The Labute approximate surface area is 149 Å². The maximum Gasteiger partial charge on any atom is 0.230 e. The summed E-state index contributed by atoms with van der Waals surface area (Å²) >= 11 is 1.30. The Hall–Kier alpha value is -3.06. The molecule has 126 valence electrons. The van der Waals surface area contributed by atoms with Gasteiger partial charge in [0.1, 0.15) is 0 Å². The van der Waals surface area contributed by atoms with E-state index in [0.717, 1.165) is 5.56 Å². The molecule has 0 saturated carbocycles. The number of aromatic nitrogens is 2. The highest BCUT2D eigenvalue weighted by molar-refractivity contribution is 7.13. The van der Waals surface area contributed by atoms with Crippen LogP contribution in [0.25, 0.3) is 0 Å². The Morgan fingerprint density at radius 3 is 2.52 bits per heavy atom. The van der Waals surface area contributed by atoms with Crippen molar-refractivity contribution in [3.63, 3.8) is 0 Å². The second-order valence-electron chi connectivity index (χ2n) is 5.32. The third kappa shape index (κ3) is 5.22. The predicted molar refractivity (Wildman–Crippen MR) is 97.5 cm³/mol. The highest BCUT2D eigenvalue weighted by atomic mass is 32.1. The second-order valence-corrected chi connectivity index (χ2v) is 6.18. The lowest BCUT2D eigenvalue weighted by Crippen LogP contribution is -2.16. The molecule has 1 aromatic carbocycles. The number of anilines is 2. The first-order valence-electron chi connectivity index (χ1n) is 7.67. The molecule has 0 spiro atoms. The van der Waals surface area contributed by atoms with Gasteiger partial charge in [-0.15, -0.1) is 11.3 Å². The molecule has 0 bridgehead atoms. The van der Waals surface area contributed by atoms with Crippen LogP contribution in [0.2, 0.25) is 0 Å². The van der Waals surface area contributed by atoms with Crippen LogP contribution in [0, 0.1) is 0 Å². The van der Waals surface area contributed by atoms with Crippen LogP contribution in [0.3, 0.4) is 0 Å². The van der Waals surface area contributed by atoms with Gasteiger partial charge in [-0.1, -0.05) is 30.3 Å². The number of nitrogens with zero attached hydrogens (tertiary/aromatic N) is 2. The van der Waals surface area contributed by atoms with Crippen LogP contribution in [0.4, 0.5) is 10.8 Å². The van der Waals surface area contributed by atoms with E-state index in [1.54, 1.807) is 29.9 Å². The molecule has 6 nitrogen and oxygen atoms in total. The lowest BCUT2D eigenvalue weighted by atomic mass is 10.1. The number of amides is 2. The minimum Gasteiger partial charge on any atom is -0.324 e. The molecule has 3 rings (SSSR count). The summed E-state index contributed by atoms with van der Waals surface area (Å²) in [6.07, 6.45) is 3.64. The SMILES string of the molecule is O=C(Cc1csc(NC(=O)Cc2ccccc2)n1)Nc1cccnc1. The van der Waals surface area contributed by atoms with E-state index >= 15 is 0 Å². The number of nitrogens with one attached hydrogen (secondary N) is 2. The van der Waals surface area contributed by atoms with E-state index in [1.165, 1.54) is 11.3 Å². The van der Waals surface area contributed by atoms with Gasteiger partial charge in [-0.3, -0.25) is 14.6 Å². The molecular weight excluding hydrogens is 336 g/mol. The zero-order valence-electron chi connectivity index (χ0n) is 13.3. The predicted octanol–water partition coefficient (Wildman–Crippen LogP) is 2.90. The van der Waals surface area contributed by atoms with E-state index in [1.807, 2.05) is 30.3 Å². The number of rotatable bonds is 6. The van der Waals surface area contributed by atoms with Crippen molar-refractivity contribution < 1.29 is 9.59 Å². The highest BCUT2D eigenvalue weighted by Crippen LogP contribution is 2.17. The summed E-state index contributed by atoms with van der Waals surface area (Å²) < 4.78 is 0. The van der Waals surface area contributed by atoms with Crippen molar-refractivity contribution in [2.75, 3.05) is 10.6 Å². The normalized spacial score (nSPS) is 10.2. The van der Waals surface area contributed by atoms with Gasteiger partial charge in [-0.25, -0.2) is 4.98 Å². The first-order chi connectivity index (χ1) is 12.2. The number of thiazole rings is 1. The number of hydrogen-bond acceptors (Lipinski definition) is 5. The van der Waals surface area contributed by atoms with Crippen molar-refractivity contribution in [3.05, 3.63) is 71.5 Å². The molecule has 0 aliphatic heterocycles. The molecule has 0 saturated heterocycles. The van der Waals surface area contributed by atoms with Crippen molar-refractivity contribution in [3.8, 4) is 0 Å². The van der Waals surface area contributed by atoms with Crippen molar-refractivity contribution in [2.24, 2.45) is 0 Å². The van der Waals surface area contributed by atoms with Crippen LogP contribution in [0.5, 0.6) is 0 Å². The third-order valence-corrected chi connectivity index (χ3v) is 4.10. The smallest absolute Gasteiger partial charge is 0.230 e. The topological polar surface area (TPSA) is 84.0 Å². The summed E-state index contributed by atoms with van der Waals surface area (Å²) in [5.74, 6) is -0.313. The summed E-state index contributed by atoms with van der Waals surface area (Å²) in [4.78, 5) is 32.2. The van der Waals surface area contributed by atoms with Gasteiger partial charge in [0.05, 0.1) is 30.4 Å². The Morgan fingerprint density at radius 1 is 0.960 bits per heavy atom. The Morgan fingerprint density at radius 2 is 1.76 bits per heavy atom. The Bertz CT molecular complexity index is 780. The monoisotopic (exact) mass is 352 g/mol. The van der Waals surface area contributed by atoms with E-state index in [9.17, 15) is 9.59 Å². The Kier molecular flexibility index (Phi) is 5.48. The molecule has 2 amide bonds.